The van der Waals surface area contributed by atoms with E-state index in [4.69, 9.17) is 10.3 Å². The standard InChI is InChI=1S/C5H11NO3.H2O/c1-2-6(9)4-3-5(7)8;/h9H,2-4H2,1H3,(H,7,8);1H2. The topological polar surface area (TPSA) is 92.3 Å². The van der Waals surface area contributed by atoms with Crippen molar-refractivity contribution < 1.29 is 20.6 Å². The van der Waals surface area contributed by atoms with E-state index in [-0.39, 0.29) is 18.4 Å². The smallest absolute Gasteiger partial charge is 0.304 e. The van der Waals surface area contributed by atoms with Crippen molar-refractivity contribution in [1.82, 2.24) is 5.06 Å². The van der Waals surface area contributed by atoms with Crippen molar-refractivity contribution >= 4 is 5.97 Å². The molecule has 0 aliphatic rings. The van der Waals surface area contributed by atoms with Crippen LogP contribution in [0.1, 0.15) is 13.3 Å². The number of hydroxylamine groups is 2. The highest BCUT2D eigenvalue weighted by Gasteiger charge is 1.99. The lowest BCUT2D eigenvalue weighted by Crippen LogP contribution is -2.21. The fourth-order valence-corrected chi connectivity index (χ4v) is 0.383. The maximum Gasteiger partial charge on any atom is 0.304 e. The van der Waals surface area contributed by atoms with Crippen molar-refractivity contribution in [2.75, 3.05) is 13.1 Å². The first kappa shape index (κ1) is 12.1. The molecule has 0 fully saturated rings. The molecular formula is C5H13NO4. The van der Waals surface area contributed by atoms with Crippen LogP contribution < -0.4 is 0 Å². The summed E-state index contributed by atoms with van der Waals surface area (Å²) >= 11 is 0. The minimum Gasteiger partial charge on any atom is -0.481 e. The highest BCUT2D eigenvalue weighted by Crippen LogP contribution is 1.84. The van der Waals surface area contributed by atoms with Crippen LogP contribution in [-0.2, 0) is 4.79 Å². The average Bonchev–Trinajstić information content (AvgIpc) is 1.83. The average molecular weight is 151 g/mol. The summed E-state index contributed by atoms with van der Waals surface area (Å²) in [5.74, 6) is -0.887. The summed E-state index contributed by atoms with van der Waals surface area (Å²) in [4.78, 5) is 9.88. The van der Waals surface area contributed by atoms with Gasteiger partial charge in [0.05, 0.1) is 6.42 Å². The number of hydrogen-bond acceptors (Lipinski definition) is 3. The Morgan fingerprint density at radius 1 is 1.60 bits per heavy atom. The second kappa shape index (κ2) is 6.47. The Labute approximate surface area is 59.1 Å². The van der Waals surface area contributed by atoms with Gasteiger partial charge in [0.2, 0.25) is 0 Å². The molecule has 0 aromatic carbocycles. The maximum atomic E-state index is 9.88. The zero-order valence-corrected chi connectivity index (χ0v) is 5.87. The molecule has 0 spiro atoms. The van der Waals surface area contributed by atoms with E-state index in [0.717, 1.165) is 5.06 Å². The molecule has 10 heavy (non-hydrogen) atoms. The van der Waals surface area contributed by atoms with E-state index in [0.29, 0.717) is 6.54 Å². The number of hydrogen-bond donors (Lipinski definition) is 2. The highest BCUT2D eigenvalue weighted by molar-refractivity contribution is 5.66. The summed E-state index contributed by atoms with van der Waals surface area (Å²) in [6.07, 6.45) is -0.00958. The molecule has 0 aromatic heterocycles. The number of carbonyl (C=O) groups is 1. The minimum atomic E-state index is -0.887. The Bertz CT molecular complexity index is 95.6. The van der Waals surface area contributed by atoms with Crippen LogP contribution in [0, 0.1) is 0 Å². The fourth-order valence-electron chi connectivity index (χ4n) is 0.383. The fraction of sp³-hybridized carbons (Fsp3) is 0.800. The summed E-state index contributed by atoms with van der Waals surface area (Å²) in [5.41, 5.74) is 0. The Hall–Kier alpha value is -0.650. The van der Waals surface area contributed by atoms with Crippen LogP contribution in [0.5, 0.6) is 0 Å². The summed E-state index contributed by atoms with van der Waals surface area (Å²) in [6.45, 7) is 2.42. The van der Waals surface area contributed by atoms with Crippen LogP contribution in [-0.4, -0.2) is 39.9 Å². The van der Waals surface area contributed by atoms with Gasteiger partial charge >= 0.3 is 5.97 Å². The molecule has 0 heterocycles. The third kappa shape index (κ3) is 7.35. The molecule has 5 nitrogen and oxygen atoms in total. The lowest BCUT2D eigenvalue weighted by molar-refractivity contribution is -0.141. The summed E-state index contributed by atoms with van der Waals surface area (Å²) in [7, 11) is 0. The monoisotopic (exact) mass is 151 g/mol. The Morgan fingerprint density at radius 3 is 2.40 bits per heavy atom. The number of aliphatic carboxylic acids is 1. The minimum absolute atomic E-state index is 0. The third-order valence-corrected chi connectivity index (χ3v) is 0.949. The van der Waals surface area contributed by atoms with Crippen LogP contribution in [0.15, 0.2) is 0 Å². The van der Waals surface area contributed by atoms with E-state index in [1.54, 1.807) is 6.92 Å². The number of rotatable bonds is 4. The second-order valence-corrected chi connectivity index (χ2v) is 1.69. The molecule has 0 amide bonds. The van der Waals surface area contributed by atoms with Crippen LogP contribution in [0.4, 0.5) is 0 Å². The summed E-state index contributed by atoms with van der Waals surface area (Å²) < 4.78 is 0. The predicted octanol–water partition coefficient (Wildman–Crippen LogP) is -0.653. The van der Waals surface area contributed by atoms with Gasteiger partial charge in [0.15, 0.2) is 0 Å². The maximum absolute atomic E-state index is 9.88. The molecule has 0 aliphatic carbocycles. The van der Waals surface area contributed by atoms with E-state index in [9.17, 15) is 4.79 Å². The molecule has 0 atom stereocenters. The zero-order valence-electron chi connectivity index (χ0n) is 5.87. The first-order valence-corrected chi connectivity index (χ1v) is 2.82. The largest absolute Gasteiger partial charge is 0.481 e. The Kier molecular flexibility index (Phi) is 7.81. The molecule has 0 aliphatic heterocycles. The molecule has 5 heteroatoms. The number of carboxylic acids is 1. The first-order chi connectivity index (χ1) is 4.16. The van der Waals surface area contributed by atoms with E-state index in [2.05, 4.69) is 0 Å². The van der Waals surface area contributed by atoms with E-state index in [1.165, 1.54) is 0 Å². The van der Waals surface area contributed by atoms with Crippen LogP contribution in [0.25, 0.3) is 0 Å². The van der Waals surface area contributed by atoms with Crippen molar-refractivity contribution in [2.45, 2.75) is 13.3 Å². The highest BCUT2D eigenvalue weighted by atomic mass is 16.5. The summed E-state index contributed by atoms with van der Waals surface area (Å²) in [5, 5.41) is 17.8. The molecule has 62 valence electrons. The zero-order chi connectivity index (χ0) is 7.28. The molecular weight excluding hydrogens is 138 g/mol. The lowest BCUT2D eigenvalue weighted by atomic mass is 10.4. The van der Waals surface area contributed by atoms with Crippen molar-refractivity contribution in [3.8, 4) is 0 Å². The van der Waals surface area contributed by atoms with Crippen LogP contribution in [0.3, 0.4) is 0 Å². The SMILES string of the molecule is CCN(O)CCC(=O)O.O. The summed E-state index contributed by atoms with van der Waals surface area (Å²) in [6, 6.07) is 0. The van der Waals surface area contributed by atoms with Gasteiger partial charge in [0.25, 0.3) is 0 Å². The Balaban J connectivity index is 0. The van der Waals surface area contributed by atoms with Crippen LogP contribution in [0.2, 0.25) is 0 Å². The van der Waals surface area contributed by atoms with E-state index in [1.807, 2.05) is 0 Å². The molecule has 0 rings (SSSR count). The van der Waals surface area contributed by atoms with Gasteiger partial charge in [-0.1, -0.05) is 6.92 Å². The number of nitrogens with zero attached hydrogens (tertiary/aromatic N) is 1. The van der Waals surface area contributed by atoms with E-state index >= 15 is 0 Å². The van der Waals surface area contributed by atoms with Gasteiger partial charge in [-0.3, -0.25) is 4.79 Å². The van der Waals surface area contributed by atoms with E-state index < -0.39 is 5.97 Å². The molecule has 0 unspecified atom stereocenters. The molecule has 0 aromatic rings. The molecule has 0 saturated carbocycles. The number of carboxylic acid groups (broad SMARTS) is 1. The van der Waals surface area contributed by atoms with Gasteiger partial charge < -0.3 is 15.8 Å². The molecule has 4 N–H and O–H groups in total. The van der Waals surface area contributed by atoms with Gasteiger partial charge in [0.1, 0.15) is 0 Å². The van der Waals surface area contributed by atoms with Crippen molar-refractivity contribution in [3.05, 3.63) is 0 Å². The lowest BCUT2D eigenvalue weighted by Gasteiger charge is -2.08. The third-order valence-electron chi connectivity index (χ3n) is 0.949. The second-order valence-electron chi connectivity index (χ2n) is 1.69. The van der Waals surface area contributed by atoms with Crippen molar-refractivity contribution in [3.63, 3.8) is 0 Å². The molecule has 0 radical (unpaired) electrons. The van der Waals surface area contributed by atoms with Gasteiger partial charge in [-0.2, -0.15) is 5.06 Å². The van der Waals surface area contributed by atoms with Gasteiger partial charge in [-0.15, -0.1) is 0 Å². The van der Waals surface area contributed by atoms with Gasteiger partial charge in [-0.25, -0.2) is 0 Å². The van der Waals surface area contributed by atoms with Crippen molar-refractivity contribution in [1.29, 1.82) is 0 Å². The molecule has 0 saturated heterocycles. The van der Waals surface area contributed by atoms with Gasteiger partial charge in [-0.05, 0) is 0 Å². The van der Waals surface area contributed by atoms with Crippen molar-refractivity contribution in [2.24, 2.45) is 0 Å². The van der Waals surface area contributed by atoms with Crippen LogP contribution >= 0.6 is 0 Å². The first-order valence-electron chi connectivity index (χ1n) is 2.82. The van der Waals surface area contributed by atoms with Gasteiger partial charge in [0, 0.05) is 13.1 Å². The molecule has 0 bridgehead atoms. The predicted molar refractivity (Wildman–Crippen MR) is 34.9 cm³/mol. The quantitative estimate of drug-likeness (QED) is 0.522. The normalized spacial score (nSPS) is 9.10. The Morgan fingerprint density at radius 2 is 2.10 bits per heavy atom.